The minimum Gasteiger partial charge on any atom is -0.309 e. The second kappa shape index (κ2) is 7.96. The number of benzene rings is 1. The van der Waals surface area contributed by atoms with Crippen LogP contribution >= 0.6 is 11.6 Å². The first-order valence-corrected chi connectivity index (χ1v) is 8.34. The summed E-state index contributed by atoms with van der Waals surface area (Å²) in [7, 11) is 0. The largest absolute Gasteiger partial charge is 0.309 e. The lowest BCUT2D eigenvalue weighted by molar-refractivity contribution is -0.120. The second-order valence-electron chi connectivity index (χ2n) is 6.95. The standard InChI is InChI=1S/C18H27ClFNO/c1-6-8-13(7-2)21(17(22)12-18(3,4)5)14-9-10-16(20)15(19)11-14/h9-11,13H,6-8,12H2,1-5H3. The third-order valence-electron chi connectivity index (χ3n) is 3.59. The molecule has 1 atom stereocenters. The van der Waals surface area contributed by atoms with Gasteiger partial charge in [-0.2, -0.15) is 0 Å². The van der Waals surface area contributed by atoms with Crippen molar-refractivity contribution >= 4 is 23.2 Å². The van der Waals surface area contributed by atoms with Crippen LogP contribution in [-0.4, -0.2) is 11.9 Å². The highest BCUT2D eigenvalue weighted by Crippen LogP contribution is 2.29. The van der Waals surface area contributed by atoms with Gasteiger partial charge in [-0.25, -0.2) is 4.39 Å². The van der Waals surface area contributed by atoms with Crippen molar-refractivity contribution < 1.29 is 9.18 Å². The Morgan fingerprint density at radius 2 is 1.95 bits per heavy atom. The third-order valence-corrected chi connectivity index (χ3v) is 3.88. The van der Waals surface area contributed by atoms with E-state index in [4.69, 9.17) is 11.6 Å². The second-order valence-corrected chi connectivity index (χ2v) is 7.36. The van der Waals surface area contributed by atoms with Gasteiger partial charge in [-0.15, -0.1) is 0 Å². The Morgan fingerprint density at radius 3 is 2.41 bits per heavy atom. The number of hydrogen-bond acceptors (Lipinski definition) is 1. The summed E-state index contributed by atoms with van der Waals surface area (Å²) in [6.45, 7) is 10.3. The van der Waals surface area contributed by atoms with E-state index in [1.54, 1.807) is 17.0 Å². The average molecular weight is 328 g/mol. The van der Waals surface area contributed by atoms with E-state index in [1.165, 1.54) is 6.07 Å². The Bertz CT molecular complexity index is 510. The Balaban J connectivity index is 3.19. The highest BCUT2D eigenvalue weighted by Gasteiger charge is 2.27. The summed E-state index contributed by atoms with van der Waals surface area (Å²) in [5.41, 5.74) is 0.588. The molecule has 0 radical (unpaired) electrons. The molecule has 2 nitrogen and oxygen atoms in total. The van der Waals surface area contributed by atoms with Crippen molar-refractivity contribution in [1.29, 1.82) is 0 Å². The molecule has 1 rings (SSSR count). The van der Waals surface area contributed by atoms with Crippen LogP contribution in [0.1, 0.15) is 60.3 Å². The molecule has 0 saturated heterocycles. The third kappa shape index (κ3) is 5.28. The highest BCUT2D eigenvalue weighted by atomic mass is 35.5. The lowest BCUT2D eigenvalue weighted by Crippen LogP contribution is -2.41. The monoisotopic (exact) mass is 327 g/mol. The van der Waals surface area contributed by atoms with Crippen LogP contribution in [0.15, 0.2) is 18.2 Å². The van der Waals surface area contributed by atoms with E-state index in [0.717, 1.165) is 19.3 Å². The van der Waals surface area contributed by atoms with E-state index < -0.39 is 5.82 Å². The minimum absolute atomic E-state index is 0.0532. The van der Waals surface area contributed by atoms with Gasteiger partial charge in [-0.1, -0.05) is 52.6 Å². The number of amides is 1. The fourth-order valence-electron chi connectivity index (χ4n) is 2.58. The SMILES string of the molecule is CCCC(CC)N(C(=O)CC(C)(C)C)c1ccc(F)c(Cl)c1. The summed E-state index contributed by atoms with van der Waals surface area (Å²) in [4.78, 5) is 14.6. The maximum absolute atomic E-state index is 13.4. The molecule has 0 spiro atoms. The normalized spacial score (nSPS) is 13.0. The van der Waals surface area contributed by atoms with E-state index in [1.807, 2.05) is 20.8 Å². The van der Waals surface area contributed by atoms with Crippen molar-refractivity contribution in [2.75, 3.05) is 4.90 Å². The van der Waals surface area contributed by atoms with E-state index in [2.05, 4.69) is 13.8 Å². The maximum Gasteiger partial charge on any atom is 0.227 e. The van der Waals surface area contributed by atoms with Crippen molar-refractivity contribution in [3.8, 4) is 0 Å². The van der Waals surface area contributed by atoms with E-state index in [0.29, 0.717) is 12.1 Å². The molecule has 4 heteroatoms. The lowest BCUT2D eigenvalue weighted by Gasteiger charge is -2.33. The average Bonchev–Trinajstić information content (AvgIpc) is 2.40. The number of halogens is 2. The van der Waals surface area contributed by atoms with Gasteiger partial charge in [-0.3, -0.25) is 4.79 Å². The predicted molar refractivity (Wildman–Crippen MR) is 92.0 cm³/mol. The topological polar surface area (TPSA) is 20.3 Å². The molecular formula is C18H27ClFNO. The van der Waals surface area contributed by atoms with Gasteiger partial charge >= 0.3 is 0 Å². The molecule has 22 heavy (non-hydrogen) atoms. The highest BCUT2D eigenvalue weighted by molar-refractivity contribution is 6.31. The van der Waals surface area contributed by atoms with Gasteiger partial charge in [0.25, 0.3) is 0 Å². The zero-order chi connectivity index (χ0) is 16.9. The van der Waals surface area contributed by atoms with Gasteiger partial charge in [0, 0.05) is 18.2 Å². The summed E-state index contributed by atoms with van der Waals surface area (Å²) >= 11 is 5.91. The van der Waals surface area contributed by atoms with Gasteiger partial charge in [0.15, 0.2) is 0 Å². The van der Waals surface area contributed by atoms with Crippen molar-refractivity contribution in [3.63, 3.8) is 0 Å². The molecule has 1 unspecified atom stereocenters. The van der Waals surface area contributed by atoms with Crippen LogP contribution < -0.4 is 4.90 Å². The van der Waals surface area contributed by atoms with Crippen molar-refractivity contribution in [3.05, 3.63) is 29.0 Å². The summed E-state index contributed by atoms with van der Waals surface area (Å²) in [5.74, 6) is -0.396. The number of nitrogens with zero attached hydrogens (tertiary/aromatic N) is 1. The summed E-state index contributed by atoms with van der Waals surface area (Å²) in [5, 5.41) is 0.0532. The molecule has 1 aromatic rings. The molecule has 0 N–H and O–H groups in total. The molecule has 124 valence electrons. The molecule has 0 heterocycles. The van der Waals surface area contributed by atoms with Gasteiger partial charge < -0.3 is 4.90 Å². The number of carbonyl (C=O) groups is 1. The number of anilines is 1. The Hall–Kier alpha value is -1.09. The Kier molecular flexibility index (Phi) is 6.86. The summed E-state index contributed by atoms with van der Waals surface area (Å²) in [6.07, 6.45) is 3.22. The predicted octanol–water partition coefficient (Wildman–Crippen LogP) is 5.83. The van der Waals surface area contributed by atoms with Gasteiger partial charge in [0.05, 0.1) is 5.02 Å². The maximum atomic E-state index is 13.4. The molecular weight excluding hydrogens is 301 g/mol. The first-order chi connectivity index (χ1) is 10.2. The molecule has 1 amide bonds. The molecule has 1 aromatic carbocycles. The van der Waals surface area contributed by atoms with Gasteiger partial charge in [0.1, 0.15) is 5.82 Å². The number of hydrogen-bond donors (Lipinski definition) is 0. The molecule has 0 aliphatic carbocycles. The van der Waals surface area contributed by atoms with Crippen LogP contribution in [0, 0.1) is 11.2 Å². The van der Waals surface area contributed by atoms with E-state index in [9.17, 15) is 9.18 Å². The van der Waals surface area contributed by atoms with Crippen molar-refractivity contribution in [2.45, 2.75) is 66.3 Å². The molecule has 0 saturated carbocycles. The fourth-order valence-corrected chi connectivity index (χ4v) is 2.76. The van der Waals surface area contributed by atoms with Crippen LogP contribution in [-0.2, 0) is 4.79 Å². The first kappa shape index (κ1) is 19.0. The fraction of sp³-hybridized carbons (Fsp3) is 0.611. The Morgan fingerprint density at radius 1 is 1.32 bits per heavy atom. The van der Waals surface area contributed by atoms with Crippen LogP contribution in [0.5, 0.6) is 0 Å². The van der Waals surface area contributed by atoms with Crippen LogP contribution in [0.3, 0.4) is 0 Å². The van der Waals surface area contributed by atoms with Crippen molar-refractivity contribution in [2.24, 2.45) is 5.41 Å². The number of carbonyl (C=O) groups excluding carboxylic acids is 1. The summed E-state index contributed by atoms with van der Waals surface area (Å²) in [6, 6.07) is 4.63. The molecule has 0 fully saturated rings. The molecule has 0 bridgehead atoms. The quantitative estimate of drug-likeness (QED) is 0.644. The first-order valence-electron chi connectivity index (χ1n) is 7.96. The zero-order valence-electron chi connectivity index (χ0n) is 14.2. The number of rotatable bonds is 6. The Labute approximate surface area is 138 Å². The minimum atomic E-state index is -0.461. The van der Waals surface area contributed by atoms with Gasteiger partial charge in [-0.05, 0) is 36.5 Å². The zero-order valence-corrected chi connectivity index (χ0v) is 15.0. The van der Waals surface area contributed by atoms with Crippen LogP contribution in [0.25, 0.3) is 0 Å². The molecule has 0 aromatic heterocycles. The summed E-state index contributed by atoms with van der Waals surface area (Å²) < 4.78 is 13.4. The molecule has 0 aliphatic heterocycles. The smallest absolute Gasteiger partial charge is 0.227 e. The van der Waals surface area contributed by atoms with Crippen LogP contribution in [0.4, 0.5) is 10.1 Å². The van der Waals surface area contributed by atoms with E-state index in [-0.39, 0.29) is 22.4 Å². The van der Waals surface area contributed by atoms with Gasteiger partial charge in [0.2, 0.25) is 5.91 Å². The van der Waals surface area contributed by atoms with E-state index >= 15 is 0 Å². The van der Waals surface area contributed by atoms with Crippen LogP contribution in [0.2, 0.25) is 5.02 Å². The molecule has 0 aliphatic rings. The van der Waals surface area contributed by atoms with Crippen molar-refractivity contribution in [1.82, 2.24) is 0 Å². The lowest BCUT2D eigenvalue weighted by atomic mass is 9.91.